The number of nitrogens with one attached hydrogen (secondary N) is 1. The maximum Gasteiger partial charge on any atom is 0.264 e. The van der Waals surface area contributed by atoms with Crippen LogP contribution in [0.3, 0.4) is 0 Å². The van der Waals surface area contributed by atoms with Crippen molar-refractivity contribution < 1.29 is 27.1 Å². The minimum absolute atomic E-state index is 0.0153. The summed E-state index contributed by atoms with van der Waals surface area (Å²) in [6.07, 6.45) is 0.858. The Morgan fingerprint density at radius 2 is 1.55 bits per heavy atom. The average molecular weight is 680 g/mol. The van der Waals surface area contributed by atoms with Gasteiger partial charge in [-0.25, -0.2) is 12.8 Å². The standard InChI is InChI=1S/C36H39ClFN3O5S/c1-4-26(3)39-36(43)34(23-27-10-7-6-8-11-27)40(24-28-12-9-13-29(37)22-28)35(42)25-41(31-16-18-32(19-17-31)46-5-2)47(44,45)33-20-14-30(38)15-21-33/h6-22,26,34H,4-5,23-25H2,1-3H3,(H,39,43)/t26-,34-/m1/s1. The highest BCUT2D eigenvalue weighted by atomic mass is 35.5. The van der Waals surface area contributed by atoms with Crippen molar-refractivity contribution in [3.05, 3.63) is 125 Å². The molecule has 248 valence electrons. The van der Waals surface area contributed by atoms with E-state index in [-0.39, 0.29) is 35.5 Å². The molecule has 2 atom stereocenters. The van der Waals surface area contributed by atoms with Crippen LogP contribution in [-0.2, 0) is 32.6 Å². The summed E-state index contributed by atoms with van der Waals surface area (Å²) in [6, 6.07) is 25.8. The van der Waals surface area contributed by atoms with Gasteiger partial charge in [0, 0.05) is 24.0 Å². The molecule has 2 amide bonds. The van der Waals surface area contributed by atoms with Crippen LogP contribution in [0.2, 0.25) is 5.02 Å². The molecule has 0 aliphatic rings. The zero-order chi connectivity index (χ0) is 34.0. The lowest BCUT2D eigenvalue weighted by atomic mass is 10.0. The molecule has 47 heavy (non-hydrogen) atoms. The summed E-state index contributed by atoms with van der Waals surface area (Å²) >= 11 is 6.30. The van der Waals surface area contributed by atoms with Crippen molar-refractivity contribution in [2.24, 2.45) is 0 Å². The smallest absolute Gasteiger partial charge is 0.264 e. The fourth-order valence-electron chi connectivity index (χ4n) is 4.96. The summed E-state index contributed by atoms with van der Waals surface area (Å²) in [7, 11) is -4.38. The van der Waals surface area contributed by atoms with Gasteiger partial charge >= 0.3 is 0 Å². The fourth-order valence-corrected chi connectivity index (χ4v) is 6.59. The Bertz CT molecular complexity index is 1740. The summed E-state index contributed by atoms with van der Waals surface area (Å²) in [6.45, 7) is 5.41. The minimum atomic E-state index is -4.38. The zero-order valence-electron chi connectivity index (χ0n) is 26.6. The number of anilines is 1. The molecule has 0 saturated heterocycles. The largest absolute Gasteiger partial charge is 0.494 e. The SMILES string of the molecule is CCOc1ccc(N(CC(=O)N(Cc2cccc(Cl)c2)[C@H](Cc2ccccc2)C(=O)N[C@H](C)CC)S(=O)(=O)c2ccc(F)cc2)cc1. The highest BCUT2D eigenvalue weighted by molar-refractivity contribution is 7.92. The molecule has 0 heterocycles. The molecule has 0 saturated carbocycles. The normalized spacial score (nSPS) is 12.5. The van der Waals surface area contributed by atoms with E-state index < -0.39 is 34.3 Å². The van der Waals surface area contributed by atoms with E-state index >= 15 is 0 Å². The van der Waals surface area contributed by atoms with E-state index in [1.54, 1.807) is 36.4 Å². The minimum Gasteiger partial charge on any atom is -0.494 e. The van der Waals surface area contributed by atoms with Crippen molar-refractivity contribution in [1.29, 1.82) is 0 Å². The molecule has 1 N–H and O–H groups in total. The third kappa shape index (κ3) is 9.56. The third-order valence-corrected chi connectivity index (χ3v) is 9.65. The fraction of sp³-hybridized carbons (Fsp3) is 0.278. The van der Waals surface area contributed by atoms with Crippen LogP contribution in [0.25, 0.3) is 0 Å². The van der Waals surface area contributed by atoms with Crippen molar-refractivity contribution in [2.45, 2.75) is 57.1 Å². The number of rotatable bonds is 15. The van der Waals surface area contributed by atoms with Gasteiger partial charge in [-0.15, -0.1) is 0 Å². The van der Waals surface area contributed by atoms with Crippen molar-refractivity contribution in [2.75, 3.05) is 17.5 Å². The molecule has 0 aliphatic heterocycles. The molecule has 0 aliphatic carbocycles. The Kier molecular flexibility index (Phi) is 12.4. The van der Waals surface area contributed by atoms with E-state index in [0.29, 0.717) is 29.4 Å². The highest BCUT2D eigenvalue weighted by Gasteiger charge is 2.35. The number of hydrogen-bond acceptors (Lipinski definition) is 5. The van der Waals surface area contributed by atoms with Crippen LogP contribution >= 0.6 is 11.6 Å². The molecule has 0 bridgehead atoms. The molecule has 4 aromatic carbocycles. The van der Waals surface area contributed by atoms with Crippen LogP contribution < -0.4 is 14.4 Å². The van der Waals surface area contributed by atoms with Gasteiger partial charge in [0.15, 0.2) is 0 Å². The van der Waals surface area contributed by atoms with Gasteiger partial charge in [-0.2, -0.15) is 0 Å². The second-order valence-corrected chi connectivity index (χ2v) is 13.4. The molecule has 11 heteroatoms. The lowest BCUT2D eigenvalue weighted by Crippen LogP contribution is -2.54. The van der Waals surface area contributed by atoms with Gasteiger partial charge in [0.1, 0.15) is 24.2 Å². The van der Waals surface area contributed by atoms with Crippen molar-refractivity contribution >= 4 is 39.1 Å². The monoisotopic (exact) mass is 679 g/mol. The van der Waals surface area contributed by atoms with Gasteiger partial charge in [0.2, 0.25) is 11.8 Å². The summed E-state index contributed by atoms with van der Waals surface area (Å²) < 4.78 is 48.5. The van der Waals surface area contributed by atoms with Crippen molar-refractivity contribution in [3.8, 4) is 5.75 Å². The number of nitrogens with zero attached hydrogens (tertiary/aromatic N) is 2. The first-order valence-electron chi connectivity index (χ1n) is 15.4. The number of carbonyl (C=O) groups is 2. The van der Waals surface area contributed by atoms with E-state index in [4.69, 9.17) is 16.3 Å². The van der Waals surface area contributed by atoms with E-state index in [1.807, 2.05) is 51.1 Å². The number of hydrogen-bond donors (Lipinski definition) is 1. The van der Waals surface area contributed by atoms with E-state index in [9.17, 15) is 22.4 Å². The van der Waals surface area contributed by atoms with E-state index in [2.05, 4.69) is 5.32 Å². The molecule has 8 nitrogen and oxygen atoms in total. The number of carbonyl (C=O) groups excluding carboxylic acids is 2. The van der Waals surface area contributed by atoms with E-state index in [0.717, 1.165) is 34.1 Å². The molecular formula is C36H39ClFN3O5S. The maximum atomic E-state index is 14.5. The van der Waals surface area contributed by atoms with Gasteiger partial charge in [0.05, 0.1) is 17.2 Å². The Morgan fingerprint density at radius 3 is 2.17 bits per heavy atom. The van der Waals surface area contributed by atoms with Gasteiger partial charge in [-0.05, 0) is 92.1 Å². The molecule has 0 aromatic heterocycles. The van der Waals surface area contributed by atoms with Crippen LogP contribution in [0.15, 0.2) is 108 Å². The number of ether oxygens (including phenoxy) is 1. The second kappa shape index (κ2) is 16.4. The average Bonchev–Trinajstić information content (AvgIpc) is 3.06. The molecule has 4 rings (SSSR count). The predicted molar refractivity (Wildman–Crippen MR) is 182 cm³/mol. The number of sulfonamides is 1. The van der Waals surface area contributed by atoms with Gasteiger partial charge < -0.3 is 15.0 Å². The zero-order valence-corrected chi connectivity index (χ0v) is 28.2. The summed E-state index contributed by atoms with van der Waals surface area (Å²) in [5.74, 6) is -1.07. The van der Waals surface area contributed by atoms with Crippen molar-refractivity contribution in [3.63, 3.8) is 0 Å². The molecule has 0 spiro atoms. The Labute approximate surface area is 281 Å². The van der Waals surface area contributed by atoms with Crippen LogP contribution in [0, 0.1) is 5.82 Å². The van der Waals surface area contributed by atoms with Crippen LogP contribution in [-0.4, -0.2) is 50.4 Å². The highest BCUT2D eigenvalue weighted by Crippen LogP contribution is 2.27. The lowest BCUT2D eigenvalue weighted by Gasteiger charge is -2.34. The Morgan fingerprint density at radius 1 is 0.894 bits per heavy atom. The first kappa shape index (κ1) is 35.4. The van der Waals surface area contributed by atoms with Crippen LogP contribution in [0.1, 0.15) is 38.3 Å². The van der Waals surface area contributed by atoms with Gasteiger partial charge in [0.25, 0.3) is 10.0 Å². The van der Waals surface area contributed by atoms with Crippen LogP contribution in [0.4, 0.5) is 10.1 Å². The van der Waals surface area contributed by atoms with Gasteiger partial charge in [-0.3, -0.25) is 13.9 Å². The predicted octanol–water partition coefficient (Wildman–Crippen LogP) is 6.63. The number of halogens is 2. The third-order valence-electron chi connectivity index (χ3n) is 7.63. The molecule has 0 radical (unpaired) electrons. The Hall–Kier alpha value is -4.41. The second-order valence-electron chi connectivity index (χ2n) is 11.1. The first-order valence-corrected chi connectivity index (χ1v) is 17.2. The molecule has 4 aromatic rings. The summed E-state index contributed by atoms with van der Waals surface area (Å²) in [5.41, 5.74) is 1.68. The number of benzene rings is 4. The summed E-state index contributed by atoms with van der Waals surface area (Å²) in [4.78, 5) is 29.6. The maximum absolute atomic E-state index is 14.5. The summed E-state index contributed by atoms with van der Waals surface area (Å²) in [5, 5.41) is 3.46. The first-order chi connectivity index (χ1) is 22.5. The lowest BCUT2D eigenvalue weighted by molar-refractivity contribution is -0.140. The Balaban J connectivity index is 1.81. The van der Waals surface area contributed by atoms with Crippen molar-refractivity contribution in [1.82, 2.24) is 10.2 Å². The number of amides is 2. The molecule has 0 unspecified atom stereocenters. The molecule has 0 fully saturated rings. The quantitative estimate of drug-likeness (QED) is 0.152. The topological polar surface area (TPSA) is 96.0 Å². The van der Waals surface area contributed by atoms with E-state index in [1.165, 1.54) is 17.0 Å². The van der Waals surface area contributed by atoms with Gasteiger partial charge in [-0.1, -0.05) is 61.0 Å². The molecular weight excluding hydrogens is 641 g/mol. The van der Waals surface area contributed by atoms with Crippen LogP contribution in [0.5, 0.6) is 5.75 Å².